The Balaban J connectivity index is 3.00. The molecule has 1 heterocycles. The monoisotopic (exact) mass is 132 g/mol. The van der Waals surface area contributed by atoms with Gasteiger partial charge in [-0.2, -0.15) is 0 Å². The first-order valence-electron chi connectivity index (χ1n) is 1.57. The molecule has 0 aliphatic rings. The van der Waals surface area contributed by atoms with Crippen molar-refractivity contribution in [3.63, 3.8) is 0 Å². The van der Waals surface area contributed by atoms with Crippen molar-refractivity contribution >= 4 is 23.9 Å². The van der Waals surface area contributed by atoms with E-state index in [9.17, 15) is 0 Å². The fraction of sp³-hybridized carbons (Fsp3) is 0. The maximum Gasteiger partial charge on any atom is -0.00263 e. The van der Waals surface area contributed by atoms with Crippen LogP contribution in [0.3, 0.4) is 0 Å². The second-order valence-corrected chi connectivity index (χ2v) is 4.46. The summed E-state index contributed by atoms with van der Waals surface area (Å²) in [6, 6.07) is 0. The molecule has 0 spiro atoms. The van der Waals surface area contributed by atoms with Crippen LogP contribution in [-0.4, -0.2) is 0 Å². The minimum Gasteiger partial charge on any atom is -0.0707 e. The Kier molecular flexibility index (Phi) is 2.06. The van der Waals surface area contributed by atoms with Gasteiger partial charge in [0.05, 0.1) is 0 Å². The van der Waals surface area contributed by atoms with Crippen LogP contribution in [0.5, 0.6) is 0 Å². The summed E-state index contributed by atoms with van der Waals surface area (Å²) < 4.78 is 0. The fourth-order valence-corrected chi connectivity index (χ4v) is 3.45. The van der Waals surface area contributed by atoms with E-state index < -0.39 is 0 Å². The molecule has 1 aromatic heterocycles. The topological polar surface area (TPSA) is 0 Å². The summed E-state index contributed by atoms with van der Waals surface area (Å²) in [4.78, 5) is 0. The molecule has 0 aromatic carbocycles. The van der Waals surface area contributed by atoms with Gasteiger partial charge in [0.2, 0.25) is 0 Å². The van der Waals surface area contributed by atoms with E-state index in [4.69, 9.17) is 0 Å². The standard InChI is InChI=1S/C3H3P3/c1-2-5-6-3-4-1/h1-3H. The van der Waals surface area contributed by atoms with E-state index in [0.717, 1.165) is 0 Å². The molecule has 0 nitrogen and oxygen atoms in total. The molecule has 0 fully saturated rings. The zero-order valence-corrected chi connectivity index (χ0v) is 5.76. The maximum atomic E-state index is 2.24. The largest absolute Gasteiger partial charge is 0.0707 e. The second-order valence-electron chi connectivity index (χ2n) is 0.794. The predicted octanol–water partition coefficient (Wildman–Crippen LogP) is 3.43. The molecule has 0 saturated carbocycles. The van der Waals surface area contributed by atoms with Gasteiger partial charge in [-0.25, -0.2) is 0 Å². The summed E-state index contributed by atoms with van der Waals surface area (Å²) in [5.41, 5.74) is 2.24. The zero-order chi connectivity index (χ0) is 4.24. The van der Waals surface area contributed by atoms with E-state index in [1.54, 1.807) is 0 Å². The zero-order valence-electron chi connectivity index (χ0n) is 3.07. The quantitative estimate of drug-likeness (QED) is 0.507. The molecule has 0 atom stereocenters. The first kappa shape index (κ1) is 4.66. The van der Waals surface area contributed by atoms with Crippen molar-refractivity contribution in [2.24, 2.45) is 0 Å². The fourth-order valence-electron chi connectivity index (χ4n) is 0.205. The Morgan fingerprint density at radius 3 is 2.17 bits per heavy atom. The highest BCUT2D eigenvalue weighted by Gasteiger charge is 1.60. The summed E-state index contributed by atoms with van der Waals surface area (Å²) in [6.45, 7) is 0. The Morgan fingerprint density at radius 1 is 1.00 bits per heavy atom. The van der Waals surface area contributed by atoms with Gasteiger partial charge in [0.1, 0.15) is 0 Å². The van der Waals surface area contributed by atoms with E-state index in [-0.39, 0.29) is 0 Å². The molecule has 0 radical (unpaired) electrons. The molecule has 1 aromatic rings. The van der Waals surface area contributed by atoms with Crippen molar-refractivity contribution < 1.29 is 0 Å². The molecular weight excluding hydrogens is 129 g/mol. The van der Waals surface area contributed by atoms with Crippen LogP contribution in [0.25, 0.3) is 0 Å². The summed E-state index contributed by atoms with van der Waals surface area (Å²) >= 11 is 0. The van der Waals surface area contributed by atoms with Crippen LogP contribution in [0.2, 0.25) is 0 Å². The van der Waals surface area contributed by atoms with Crippen molar-refractivity contribution in [1.82, 2.24) is 0 Å². The molecular formula is C3H3P3. The van der Waals surface area contributed by atoms with E-state index >= 15 is 0 Å². The summed E-state index contributed by atoms with van der Waals surface area (Å²) in [5, 5.41) is 0. The minimum absolute atomic E-state index is 1.37. The number of hydrogen-bond donors (Lipinski definition) is 0. The highest BCUT2D eigenvalue weighted by Crippen LogP contribution is 2.21. The Bertz CT molecular complexity index is 78.0. The lowest BCUT2D eigenvalue weighted by molar-refractivity contribution is 2.36. The Labute approximate surface area is 41.8 Å². The molecule has 0 amide bonds. The van der Waals surface area contributed by atoms with Gasteiger partial charge < -0.3 is 0 Å². The molecule has 6 heavy (non-hydrogen) atoms. The smallest absolute Gasteiger partial charge is 0.00263 e. The molecule has 1 rings (SSSR count). The number of hydrogen-bond acceptors (Lipinski definition) is 0. The van der Waals surface area contributed by atoms with E-state index in [0.29, 0.717) is 0 Å². The molecule has 0 bridgehead atoms. The first-order valence-corrected chi connectivity index (χ1v) is 5.23. The van der Waals surface area contributed by atoms with Crippen LogP contribution >= 0.6 is 23.9 Å². The van der Waals surface area contributed by atoms with Crippen LogP contribution in [0.4, 0.5) is 0 Å². The third kappa shape index (κ3) is 1.31. The maximum absolute atomic E-state index is 2.24. The van der Waals surface area contributed by atoms with Gasteiger partial charge in [-0.3, -0.25) is 0 Å². The van der Waals surface area contributed by atoms with Gasteiger partial charge in [0.15, 0.2) is 0 Å². The van der Waals surface area contributed by atoms with Crippen molar-refractivity contribution in [2.75, 3.05) is 0 Å². The molecule has 0 unspecified atom stereocenters. The van der Waals surface area contributed by atoms with E-state index in [2.05, 4.69) is 17.1 Å². The average molecular weight is 132 g/mol. The van der Waals surface area contributed by atoms with Crippen LogP contribution < -0.4 is 0 Å². The SMILES string of the molecule is c1cppcp1. The molecule has 30 valence electrons. The second kappa shape index (κ2) is 2.64. The van der Waals surface area contributed by atoms with Crippen LogP contribution in [0, 0.1) is 0 Å². The van der Waals surface area contributed by atoms with Crippen LogP contribution in [0.15, 0.2) is 17.1 Å². The minimum atomic E-state index is 1.37. The van der Waals surface area contributed by atoms with Gasteiger partial charge in [-0.15, -0.1) is 0 Å². The average Bonchev–Trinajstić information content (AvgIpc) is 1.72. The molecule has 3 heteroatoms. The Morgan fingerprint density at radius 2 is 2.00 bits per heavy atom. The van der Waals surface area contributed by atoms with E-state index in [1.165, 1.54) is 23.9 Å². The lowest BCUT2D eigenvalue weighted by atomic mass is 11.2. The van der Waals surface area contributed by atoms with Crippen LogP contribution in [0.1, 0.15) is 0 Å². The third-order valence-corrected chi connectivity index (χ3v) is 4.05. The van der Waals surface area contributed by atoms with Gasteiger partial charge in [-0.1, -0.05) is 8.19 Å². The van der Waals surface area contributed by atoms with Crippen molar-refractivity contribution in [3.8, 4) is 0 Å². The summed E-state index contributed by atoms with van der Waals surface area (Å²) in [5.74, 6) is 4.35. The normalized spacial score (nSPS) is 12.0. The van der Waals surface area contributed by atoms with Gasteiger partial charge in [-0.05, 0) is 32.9 Å². The highest BCUT2D eigenvalue weighted by atomic mass is 31.8. The van der Waals surface area contributed by atoms with Crippen molar-refractivity contribution in [1.29, 1.82) is 0 Å². The van der Waals surface area contributed by atoms with Crippen molar-refractivity contribution in [2.45, 2.75) is 0 Å². The Hall–Kier alpha value is 0.510. The lowest BCUT2D eigenvalue weighted by Gasteiger charge is -1.67. The summed E-state index contributed by atoms with van der Waals surface area (Å²) in [6.07, 6.45) is 0. The highest BCUT2D eigenvalue weighted by molar-refractivity contribution is 7.91. The molecule has 0 aliphatic carbocycles. The molecule has 0 N–H and O–H groups in total. The summed E-state index contributed by atoms with van der Waals surface area (Å²) in [7, 11) is 4.25. The van der Waals surface area contributed by atoms with Gasteiger partial charge in [0, 0.05) is 0 Å². The predicted molar refractivity (Wildman–Crippen MR) is 34.0 cm³/mol. The van der Waals surface area contributed by atoms with Crippen molar-refractivity contribution in [3.05, 3.63) is 17.1 Å². The van der Waals surface area contributed by atoms with Gasteiger partial charge >= 0.3 is 0 Å². The molecule has 0 saturated heterocycles. The number of rotatable bonds is 0. The molecule has 0 aliphatic heterocycles. The third-order valence-electron chi connectivity index (χ3n) is 0.404. The van der Waals surface area contributed by atoms with E-state index in [1.807, 2.05) is 0 Å². The lowest BCUT2D eigenvalue weighted by Crippen LogP contribution is -1.19. The van der Waals surface area contributed by atoms with Gasteiger partial charge in [0.25, 0.3) is 0 Å². The first-order chi connectivity index (χ1) is 3.00. The van der Waals surface area contributed by atoms with Crippen LogP contribution in [-0.2, 0) is 0 Å².